The van der Waals surface area contributed by atoms with E-state index in [0.717, 1.165) is 52.7 Å². The van der Waals surface area contributed by atoms with Crippen molar-refractivity contribution in [1.82, 2.24) is 9.97 Å². The van der Waals surface area contributed by atoms with Gasteiger partial charge in [-0.15, -0.1) is 11.3 Å². The molecule has 2 aromatic heterocycles. The molecule has 4 rings (SSSR count). The minimum atomic E-state index is -0.789. The first-order valence-corrected chi connectivity index (χ1v) is 9.58. The maximum Gasteiger partial charge on any atom is 0.313 e. The van der Waals surface area contributed by atoms with E-state index in [-0.39, 0.29) is 5.75 Å². The zero-order valence-corrected chi connectivity index (χ0v) is 14.1. The number of rotatable bonds is 4. The Balaban J connectivity index is 1.83. The maximum absolute atomic E-state index is 10.9. The van der Waals surface area contributed by atoms with E-state index in [4.69, 9.17) is 15.1 Å². The summed E-state index contributed by atoms with van der Waals surface area (Å²) in [4.78, 5) is 23.0. The van der Waals surface area contributed by atoms with Crippen molar-refractivity contribution in [2.24, 2.45) is 5.92 Å². The number of thioether (sulfide) groups is 1. The van der Waals surface area contributed by atoms with Crippen LogP contribution in [0.25, 0.3) is 10.2 Å². The number of aromatic nitrogens is 2. The molecular weight excluding hydrogens is 316 g/mol. The number of carboxylic acid groups (broad SMARTS) is 1. The van der Waals surface area contributed by atoms with Crippen LogP contribution < -0.4 is 0 Å². The van der Waals surface area contributed by atoms with E-state index in [2.05, 4.69) is 6.92 Å². The Morgan fingerprint density at radius 1 is 1.36 bits per heavy atom. The summed E-state index contributed by atoms with van der Waals surface area (Å²) in [7, 11) is 0. The minimum absolute atomic E-state index is 0.0667. The fraction of sp³-hybridized carbons (Fsp3) is 0.562. The first kappa shape index (κ1) is 14.5. The second-order valence-electron chi connectivity index (χ2n) is 6.38. The van der Waals surface area contributed by atoms with Gasteiger partial charge in [-0.1, -0.05) is 18.7 Å². The third-order valence-electron chi connectivity index (χ3n) is 4.41. The Bertz CT molecular complexity index is 752. The molecule has 1 saturated carbocycles. The van der Waals surface area contributed by atoms with Crippen molar-refractivity contribution in [3.05, 3.63) is 16.3 Å². The van der Waals surface area contributed by atoms with E-state index in [1.54, 1.807) is 11.3 Å². The highest BCUT2D eigenvalue weighted by Gasteiger charge is 2.30. The van der Waals surface area contributed by atoms with Gasteiger partial charge in [0.2, 0.25) is 0 Å². The maximum atomic E-state index is 10.9. The summed E-state index contributed by atoms with van der Waals surface area (Å²) in [5.74, 6) is 1.42. The number of aliphatic carboxylic acids is 1. The Morgan fingerprint density at radius 3 is 2.91 bits per heavy atom. The van der Waals surface area contributed by atoms with Crippen LogP contribution in [0.15, 0.2) is 5.03 Å². The number of hydrogen-bond donors (Lipinski definition) is 1. The molecule has 2 aliphatic carbocycles. The van der Waals surface area contributed by atoms with Gasteiger partial charge in [-0.05, 0) is 43.6 Å². The van der Waals surface area contributed by atoms with E-state index in [1.165, 1.54) is 28.6 Å². The summed E-state index contributed by atoms with van der Waals surface area (Å²) in [6.07, 6.45) is 5.72. The summed E-state index contributed by atoms with van der Waals surface area (Å²) >= 11 is 3.15. The van der Waals surface area contributed by atoms with Gasteiger partial charge in [-0.2, -0.15) is 0 Å². The average molecular weight is 334 g/mol. The van der Waals surface area contributed by atoms with Crippen molar-refractivity contribution in [3.8, 4) is 0 Å². The monoisotopic (exact) mass is 334 g/mol. The van der Waals surface area contributed by atoms with E-state index < -0.39 is 5.97 Å². The first-order chi connectivity index (χ1) is 10.6. The molecule has 116 valence electrons. The Labute approximate surface area is 137 Å². The summed E-state index contributed by atoms with van der Waals surface area (Å²) in [5, 5.41) is 11.0. The molecule has 1 atom stereocenters. The molecule has 1 fully saturated rings. The summed E-state index contributed by atoms with van der Waals surface area (Å²) in [6.45, 7) is 2.30. The average Bonchev–Trinajstić information content (AvgIpc) is 3.25. The summed E-state index contributed by atoms with van der Waals surface area (Å²) in [5.41, 5.74) is 1.38. The predicted molar refractivity (Wildman–Crippen MR) is 88.9 cm³/mol. The fourth-order valence-electron chi connectivity index (χ4n) is 3.08. The van der Waals surface area contributed by atoms with E-state index in [1.807, 2.05) is 0 Å². The van der Waals surface area contributed by atoms with Gasteiger partial charge < -0.3 is 5.11 Å². The normalized spacial score (nSPS) is 21.0. The highest BCUT2D eigenvalue weighted by atomic mass is 32.2. The topological polar surface area (TPSA) is 63.1 Å². The molecule has 6 heteroatoms. The fourth-order valence-corrected chi connectivity index (χ4v) is 5.32. The van der Waals surface area contributed by atoms with Gasteiger partial charge in [0.05, 0.1) is 5.75 Å². The third-order valence-corrected chi connectivity index (χ3v) is 6.52. The largest absolute Gasteiger partial charge is 0.481 e. The van der Waals surface area contributed by atoms with Crippen LogP contribution in [0.4, 0.5) is 0 Å². The SMILES string of the molecule is CC1CCc2c(sc3nc(C4CC4)nc(SCC(=O)O)c23)C1. The Hall–Kier alpha value is -1.14. The van der Waals surface area contributed by atoms with Crippen LogP contribution in [0, 0.1) is 5.92 Å². The quantitative estimate of drug-likeness (QED) is 0.679. The lowest BCUT2D eigenvalue weighted by molar-refractivity contribution is -0.133. The van der Waals surface area contributed by atoms with Crippen LogP contribution in [0.2, 0.25) is 0 Å². The molecule has 0 radical (unpaired) electrons. The second kappa shape index (κ2) is 5.49. The lowest BCUT2D eigenvalue weighted by Gasteiger charge is -2.18. The number of nitrogens with zero attached hydrogens (tertiary/aromatic N) is 2. The summed E-state index contributed by atoms with van der Waals surface area (Å²) < 4.78 is 0. The molecule has 2 aliphatic rings. The zero-order valence-electron chi connectivity index (χ0n) is 12.5. The van der Waals surface area contributed by atoms with E-state index in [0.29, 0.717) is 5.92 Å². The highest BCUT2D eigenvalue weighted by Crippen LogP contribution is 2.44. The van der Waals surface area contributed by atoms with Crippen LogP contribution in [0.3, 0.4) is 0 Å². The molecule has 1 unspecified atom stereocenters. The molecule has 0 bridgehead atoms. The highest BCUT2D eigenvalue weighted by molar-refractivity contribution is 8.00. The summed E-state index contributed by atoms with van der Waals surface area (Å²) in [6, 6.07) is 0. The molecular formula is C16H18N2O2S2. The Kier molecular flexibility index (Phi) is 3.61. The van der Waals surface area contributed by atoms with Gasteiger partial charge >= 0.3 is 5.97 Å². The van der Waals surface area contributed by atoms with Crippen molar-refractivity contribution < 1.29 is 9.90 Å². The zero-order chi connectivity index (χ0) is 15.3. The van der Waals surface area contributed by atoms with Gasteiger partial charge in [0.15, 0.2) is 0 Å². The van der Waals surface area contributed by atoms with Gasteiger partial charge in [0.25, 0.3) is 0 Å². The van der Waals surface area contributed by atoms with Crippen LogP contribution in [0.5, 0.6) is 0 Å². The molecule has 0 saturated heterocycles. The predicted octanol–water partition coefficient (Wildman–Crippen LogP) is 3.87. The lowest BCUT2D eigenvalue weighted by Crippen LogP contribution is -2.09. The van der Waals surface area contributed by atoms with Crippen molar-refractivity contribution in [2.75, 3.05) is 5.75 Å². The van der Waals surface area contributed by atoms with Gasteiger partial charge in [0, 0.05) is 16.2 Å². The van der Waals surface area contributed by atoms with Crippen LogP contribution >= 0.6 is 23.1 Å². The number of aryl methyl sites for hydroxylation is 1. The van der Waals surface area contributed by atoms with Crippen LogP contribution in [-0.4, -0.2) is 26.8 Å². The van der Waals surface area contributed by atoms with Crippen LogP contribution in [0.1, 0.15) is 48.4 Å². The second-order valence-corrected chi connectivity index (χ2v) is 8.42. The van der Waals surface area contributed by atoms with Crippen molar-refractivity contribution >= 4 is 39.3 Å². The van der Waals surface area contributed by atoms with Crippen LogP contribution in [-0.2, 0) is 17.6 Å². The van der Waals surface area contributed by atoms with E-state index in [9.17, 15) is 4.79 Å². The molecule has 1 N–H and O–H groups in total. The number of fused-ring (bicyclic) bond motifs is 3. The molecule has 4 nitrogen and oxygen atoms in total. The molecule has 0 aromatic carbocycles. The number of hydrogen-bond acceptors (Lipinski definition) is 5. The molecule has 0 spiro atoms. The molecule has 0 aliphatic heterocycles. The lowest BCUT2D eigenvalue weighted by atomic mass is 9.89. The van der Waals surface area contributed by atoms with E-state index >= 15 is 0 Å². The van der Waals surface area contributed by atoms with Crippen molar-refractivity contribution in [3.63, 3.8) is 0 Å². The molecule has 2 aromatic rings. The van der Waals surface area contributed by atoms with Crippen molar-refractivity contribution in [1.29, 1.82) is 0 Å². The smallest absolute Gasteiger partial charge is 0.313 e. The third kappa shape index (κ3) is 2.63. The molecule has 0 amide bonds. The van der Waals surface area contributed by atoms with Gasteiger partial charge in [-0.25, -0.2) is 9.97 Å². The number of thiophene rings is 1. The first-order valence-electron chi connectivity index (χ1n) is 7.78. The minimum Gasteiger partial charge on any atom is -0.481 e. The molecule has 22 heavy (non-hydrogen) atoms. The number of carbonyl (C=O) groups is 1. The van der Waals surface area contributed by atoms with Gasteiger partial charge in [-0.3, -0.25) is 4.79 Å². The standard InChI is InChI=1S/C16H18N2O2S2/c1-8-2-5-10-11(6-8)22-16-13(10)15(21-7-12(19)20)17-14(18-16)9-3-4-9/h8-9H,2-7H2,1H3,(H,19,20). The Morgan fingerprint density at radius 2 is 2.18 bits per heavy atom. The number of carboxylic acids is 1. The van der Waals surface area contributed by atoms with Crippen molar-refractivity contribution in [2.45, 2.75) is 50.0 Å². The van der Waals surface area contributed by atoms with Gasteiger partial charge in [0.1, 0.15) is 15.7 Å². The molecule has 2 heterocycles.